The lowest BCUT2D eigenvalue weighted by molar-refractivity contribution is -0.128. The Morgan fingerprint density at radius 3 is 2.31 bits per heavy atom. The zero-order chi connectivity index (χ0) is 21.5. The van der Waals surface area contributed by atoms with Crippen LogP contribution in [0.1, 0.15) is 85.0 Å². The average molecular weight is 447 g/mol. The molecule has 0 N–H and O–H groups in total. The fraction of sp³-hybridized carbons (Fsp3) is 0.909. The summed E-state index contributed by atoms with van der Waals surface area (Å²) in [6, 6.07) is 0. The molecular formula is C22H38O5S2. The van der Waals surface area contributed by atoms with Crippen LogP contribution in [0.5, 0.6) is 0 Å². The summed E-state index contributed by atoms with van der Waals surface area (Å²) in [5, 5.41) is 0.146. The van der Waals surface area contributed by atoms with E-state index in [4.69, 9.17) is 3.63 Å². The maximum absolute atomic E-state index is 13.3. The summed E-state index contributed by atoms with van der Waals surface area (Å²) in [4.78, 5) is 25.3. The molecule has 3 unspecified atom stereocenters. The van der Waals surface area contributed by atoms with Gasteiger partial charge in [-0.1, -0.05) is 40.0 Å². The van der Waals surface area contributed by atoms with Gasteiger partial charge in [0.15, 0.2) is 0 Å². The summed E-state index contributed by atoms with van der Waals surface area (Å²) >= 11 is 0. The van der Waals surface area contributed by atoms with Gasteiger partial charge in [-0.15, -0.1) is 10.3 Å². The van der Waals surface area contributed by atoms with Gasteiger partial charge in [-0.05, 0) is 49.7 Å². The highest BCUT2D eigenvalue weighted by Crippen LogP contribution is 2.65. The van der Waals surface area contributed by atoms with Crippen LogP contribution in [0.2, 0.25) is 0 Å². The third-order valence-corrected chi connectivity index (χ3v) is 13.8. The fourth-order valence-electron chi connectivity index (χ4n) is 6.10. The van der Waals surface area contributed by atoms with Crippen LogP contribution in [0.4, 0.5) is 0 Å². The van der Waals surface area contributed by atoms with E-state index >= 15 is 0 Å². The number of carbonyl (C=O) groups is 2. The molecule has 3 aliphatic carbocycles. The van der Waals surface area contributed by atoms with E-state index in [0.717, 1.165) is 44.9 Å². The maximum Gasteiger partial charge on any atom is 0.277 e. The van der Waals surface area contributed by atoms with Crippen LogP contribution in [-0.2, 0) is 23.3 Å². The van der Waals surface area contributed by atoms with Crippen molar-refractivity contribution in [3.05, 3.63) is 0 Å². The molecule has 0 radical (unpaired) electrons. The van der Waals surface area contributed by atoms with Gasteiger partial charge in [-0.25, -0.2) is 3.63 Å². The predicted octanol–water partition coefficient (Wildman–Crippen LogP) is 4.78. The lowest BCUT2D eigenvalue weighted by Gasteiger charge is -2.44. The Balaban J connectivity index is 1.84. The van der Waals surface area contributed by atoms with Crippen molar-refractivity contribution in [2.45, 2.75) is 90.2 Å². The number of rotatable bonds is 9. The molecule has 3 atom stereocenters. The molecule has 168 valence electrons. The van der Waals surface area contributed by atoms with Crippen LogP contribution in [-0.4, -0.2) is 43.0 Å². The molecule has 5 nitrogen and oxygen atoms in total. The summed E-state index contributed by atoms with van der Waals surface area (Å²) in [5.41, 5.74) is -1.13. The van der Waals surface area contributed by atoms with E-state index in [1.54, 1.807) is 0 Å². The second-order valence-electron chi connectivity index (χ2n) is 10.2. The van der Waals surface area contributed by atoms with Gasteiger partial charge in [0.05, 0.1) is 16.9 Å². The molecule has 0 aromatic carbocycles. The standard InChI is InChI=1S/C22H38O5S2/c1-5-9-18(23)15-28(4,19-10-7-6-8-11-19)27-29(25,26)16-22-13-12-17(14-20(22)24)21(22,2)3/h17,19H,5-16H2,1-4H3. The van der Waals surface area contributed by atoms with Gasteiger partial charge in [0.1, 0.15) is 11.6 Å². The van der Waals surface area contributed by atoms with Gasteiger partial charge in [0, 0.05) is 18.1 Å². The number of fused-ring (bicyclic) bond motifs is 2. The number of hydrogen-bond donors (Lipinski definition) is 0. The molecule has 29 heavy (non-hydrogen) atoms. The SMILES string of the molecule is CCCC(=O)CS(C)(OS(=O)(=O)CC12CCC(CC1=O)C2(C)C)C1CCCCC1. The Morgan fingerprint density at radius 2 is 1.79 bits per heavy atom. The molecule has 0 aromatic heterocycles. The van der Waals surface area contributed by atoms with E-state index in [1.165, 1.54) is 0 Å². The first-order chi connectivity index (χ1) is 13.5. The van der Waals surface area contributed by atoms with E-state index < -0.39 is 25.8 Å². The monoisotopic (exact) mass is 446 g/mol. The highest BCUT2D eigenvalue weighted by Gasteiger charge is 2.65. The molecule has 0 aliphatic heterocycles. The minimum atomic E-state index is -3.92. The van der Waals surface area contributed by atoms with Crippen molar-refractivity contribution in [3.63, 3.8) is 0 Å². The average Bonchev–Trinajstić information content (AvgIpc) is 2.95. The van der Waals surface area contributed by atoms with Crippen LogP contribution in [0, 0.1) is 16.7 Å². The molecule has 3 rings (SSSR count). The van der Waals surface area contributed by atoms with E-state index in [-0.39, 0.29) is 39.7 Å². The van der Waals surface area contributed by atoms with Crippen molar-refractivity contribution >= 4 is 32.0 Å². The van der Waals surface area contributed by atoms with Gasteiger partial charge >= 0.3 is 0 Å². The van der Waals surface area contributed by atoms with Crippen LogP contribution in [0.25, 0.3) is 0 Å². The number of ketones is 2. The maximum atomic E-state index is 13.3. The van der Waals surface area contributed by atoms with E-state index in [2.05, 4.69) is 0 Å². The van der Waals surface area contributed by atoms with Crippen LogP contribution >= 0.6 is 10.3 Å². The molecule has 3 fully saturated rings. The van der Waals surface area contributed by atoms with Crippen LogP contribution < -0.4 is 0 Å². The van der Waals surface area contributed by atoms with Gasteiger partial charge in [0.2, 0.25) is 0 Å². The number of carbonyl (C=O) groups excluding carboxylic acids is 2. The molecule has 0 saturated heterocycles. The largest absolute Gasteiger partial charge is 0.299 e. The van der Waals surface area contributed by atoms with Gasteiger partial charge in [0.25, 0.3) is 10.1 Å². The highest BCUT2D eigenvalue weighted by molar-refractivity contribution is 8.33. The molecule has 3 saturated carbocycles. The second kappa shape index (κ2) is 8.27. The smallest absolute Gasteiger partial charge is 0.277 e. The Bertz CT molecular complexity index is 753. The van der Waals surface area contributed by atoms with E-state index in [0.29, 0.717) is 19.3 Å². The molecule has 2 bridgehead atoms. The van der Waals surface area contributed by atoms with Gasteiger partial charge < -0.3 is 0 Å². The topological polar surface area (TPSA) is 77.5 Å². The molecule has 0 aromatic rings. The Hall–Kier alpha value is -0.400. The van der Waals surface area contributed by atoms with Gasteiger partial charge in [-0.3, -0.25) is 9.59 Å². The molecule has 0 spiro atoms. The third kappa shape index (κ3) is 4.33. The lowest BCUT2D eigenvalue weighted by Crippen LogP contribution is -2.43. The summed E-state index contributed by atoms with van der Waals surface area (Å²) in [7, 11) is -6.00. The number of Topliss-reactive ketones (excluding diaryl/α,β-unsaturated/α-hetero) is 2. The van der Waals surface area contributed by atoms with Crippen LogP contribution in [0.15, 0.2) is 0 Å². The van der Waals surface area contributed by atoms with Crippen molar-refractivity contribution in [1.29, 1.82) is 0 Å². The number of hydrogen-bond acceptors (Lipinski definition) is 5. The molecule has 3 aliphatic rings. The van der Waals surface area contributed by atoms with Crippen LogP contribution in [0.3, 0.4) is 0 Å². The quantitative estimate of drug-likeness (QED) is 0.509. The second-order valence-corrected chi connectivity index (χ2v) is 15.2. The van der Waals surface area contributed by atoms with Crippen molar-refractivity contribution in [1.82, 2.24) is 0 Å². The lowest BCUT2D eigenvalue weighted by atomic mass is 9.70. The van der Waals surface area contributed by atoms with Crippen molar-refractivity contribution < 1.29 is 21.6 Å². The first-order valence-electron chi connectivity index (χ1n) is 11.2. The van der Waals surface area contributed by atoms with Crippen molar-refractivity contribution in [2.24, 2.45) is 16.7 Å². The summed E-state index contributed by atoms with van der Waals surface area (Å²) < 4.78 is 32.7. The molecule has 0 heterocycles. The summed E-state index contributed by atoms with van der Waals surface area (Å²) in [6.07, 6.45) is 10.3. The minimum Gasteiger partial charge on any atom is -0.299 e. The van der Waals surface area contributed by atoms with Gasteiger partial charge in [-0.2, -0.15) is 8.42 Å². The molecular weight excluding hydrogens is 408 g/mol. The molecule has 7 heteroatoms. The predicted molar refractivity (Wildman–Crippen MR) is 119 cm³/mol. The fourth-order valence-corrected chi connectivity index (χ4v) is 12.5. The highest BCUT2D eigenvalue weighted by atomic mass is 32.3. The molecule has 0 amide bonds. The van der Waals surface area contributed by atoms with Crippen molar-refractivity contribution in [2.75, 3.05) is 17.8 Å². The first kappa shape index (κ1) is 23.3. The van der Waals surface area contributed by atoms with E-state index in [9.17, 15) is 18.0 Å². The van der Waals surface area contributed by atoms with E-state index in [1.807, 2.05) is 27.0 Å². The summed E-state index contributed by atoms with van der Waals surface area (Å²) in [6.45, 7) is 6.05. The Labute approximate surface area is 178 Å². The normalized spacial score (nSPS) is 32.8. The summed E-state index contributed by atoms with van der Waals surface area (Å²) in [5.74, 6) is 0.454. The van der Waals surface area contributed by atoms with Crippen molar-refractivity contribution in [3.8, 4) is 0 Å². The zero-order valence-corrected chi connectivity index (χ0v) is 20.1. The minimum absolute atomic E-state index is 0.0855. The third-order valence-electron chi connectivity index (χ3n) is 8.06. The Morgan fingerprint density at radius 1 is 1.14 bits per heavy atom. The zero-order valence-electron chi connectivity index (χ0n) is 18.5. The Kier molecular flexibility index (Phi) is 6.63. The first-order valence-corrected chi connectivity index (χ1v) is 15.0.